The van der Waals surface area contributed by atoms with Gasteiger partial charge in [0.25, 0.3) is 0 Å². The molecule has 1 nitrogen and oxygen atoms in total. The van der Waals surface area contributed by atoms with Crippen LogP contribution in [-0.4, -0.2) is 0 Å². The monoisotopic (exact) mass is 662 g/mol. The third-order valence-electron chi connectivity index (χ3n) is 10.8. The molecular weight excluding hydrogens is 629 g/mol. The molecule has 52 heavy (non-hydrogen) atoms. The summed E-state index contributed by atoms with van der Waals surface area (Å²) in [6, 6.07) is 74.5. The largest absolute Gasteiger partial charge is 0.457 e. The Balaban J connectivity index is 1.11. The molecule has 9 aromatic carbocycles. The van der Waals surface area contributed by atoms with Gasteiger partial charge < -0.3 is 4.74 Å². The first-order valence-electron chi connectivity index (χ1n) is 17.9. The Hall–Kier alpha value is -6.70. The van der Waals surface area contributed by atoms with Crippen LogP contribution in [0.1, 0.15) is 22.3 Å². The summed E-state index contributed by atoms with van der Waals surface area (Å²) in [7, 11) is 0. The molecule has 244 valence electrons. The van der Waals surface area contributed by atoms with Crippen LogP contribution in [-0.2, 0) is 5.41 Å². The van der Waals surface area contributed by atoms with Gasteiger partial charge in [-0.2, -0.15) is 0 Å². The summed E-state index contributed by atoms with van der Waals surface area (Å²) < 4.78 is 6.77. The maximum Gasteiger partial charge on any atom is 0.132 e. The average Bonchev–Trinajstić information content (AvgIpc) is 3.23. The number of rotatable bonds is 5. The Kier molecular flexibility index (Phi) is 7.11. The third-order valence-corrected chi connectivity index (χ3v) is 10.8. The lowest BCUT2D eigenvalue weighted by molar-refractivity contribution is 0.435. The summed E-state index contributed by atoms with van der Waals surface area (Å²) in [6.45, 7) is 0. The Bertz CT molecular complexity index is 2690. The number of para-hydroxylation sites is 1. The van der Waals surface area contributed by atoms with E-state index in [-0.39, 0.29) is 0 Å². The van der Waals surface area contributed by atoms with Crippen LogP contribution in [0.25, 0.3) is 54.9 Å². The van der Waals surface area contributed by atoms with Crippen LogP contribution in [0.4, 0.5) is 0 Å². The van der Waals surface area contributed by atoms with E-state index in [1.54, 1.807) is 0 Å². The topological polar surface area (TPSA) is 9.23 Å². The van der Waals surface area contributed by atoms with Crippen molar-refractivity contribution in [2.45, 2.75) is 5.41 Å². The van der Waals surface area contributed by atoms with Gasteiger partial charge in [0, 0.05) is 11.1 Å². The molecule has 0 amide bonds. The number of hydrogen-bond donors (Lipinski definition) is 0. The van der Waals surface area contributed by atoms with Gasteiger partial charge in [0.05, 0.1) is 5.41 Å². The highest BCUT2D eigenvalue weighted by Gasteiger charge is 2.45. The van der Waals surface area contributed by atoms with Gasteiger partial charge in [0.15, 0.2) is 0 Å². The van der Waals surface area contributed by atoms with Crippen LogP contribution in [0.5, 0.6) is 11.5 Å². The van der Waals surface area contributed by atoms with Crippen molar-refractivity contribution in [3.8, 4) is 44.9 Å². The van der Waals surface area contributed by atoms with Crippen molar-refractivity contribution in [1.29, 1.82) is 0 Å². The Labute approximate surface area is 304 Å². The zero-order valence-corrected chi connectivity index (χ0v) is 28.5. The molecule has 0 fully saturated rings. The minimum atomic E-state index is -0.524. The van der Waals surface area contributed by atoms with Crippen molar-refractivity contribution in [3.63, 3.8) is 0 Å². The van der Waals surface area contributed by atoms with Gasteiger partial charge in [-0.1, -0.05) is 188 Å². The molecule has 0 aliphatic carbocycles. The maximum atomic E-state index is 6.77. The number of benzene rings is 9. The molecule has 1 aliphatic rings. The second-order valence-electron chi connectivity index (χ2n) is 13.6. The molecule has 1 heteroatoms. The highest BCUT2D eigenvalue weighted by molar-refractivity contribution is 6.18. The fourth-order valence-corrected chi connectivity index (χ4v) is 8.48. The van der Waals surface area contributed by atoms with Crippen LogP contribution in [0, 0.1) is 0 Å². The van der Waals surface area contributed by atoms with E-state index in [2.05, 4.69) is 206 Å². The van der Waals surface area contributed by atoms with Crippen LogP contribution in [0.3, 0.4) is 0 Å². The van der Waals surface area contributed by atoms with Gasteiger partial charge >= 0.3 is 0 Å². The average molecular weight is 663 g/mol. The van der Waals surface area contributed by atoms with E-state index in [1.807, 2.05) is 0 Å². The van der Waals surface area contributed by atoms with Gasteiger partial charge in [0.1, 0.15) is 11.5 Å². The number of fused-ring (bicyclic) bond motifs is 5. The Morgan fingerprint density at radius 1 is 0.327 bits per heavy atom. The van der Waals surface area contributed by atoms with E-state index in [4.69, 9.17) is 4.74 Å². The van der Waals surface area contributed by atoms with Crippen molar-refractivity contribution in [2.75, 3.05) is 0 Å². The van der Waals surface area contributed by atoms with Crippen LogP contribution >= 0.6 is 0 Å². The minimum absolute atomic E-state index is 0.524. The highest BCUT2D eigenvalue weighted by atomic mass is 16.5. The molecule has 0 unspecified atom stereocenters. The summed E-state index contributed by atoms with van der Waals surface area (Å²) in [6.07, 6.45) is 0. The van der Waals surface area contributed by atoms with Crippen molar-refractivity contribution in [3.05, 3.63) is 229 Å². The molecule has 0 aromatic heterocycles. The minimum Gasteiger partial charge on any atom is -0.457 e. The Morgan fingerprint density at radius 3 is 1.63 bits per heavy atom. The summed E-state index contributed by atoms with van der Waals surface area (Å²) >= 11 is 0. The first kappa shape index (κ1) is 30.2. The smallest absolute Gasteiger partial charge is 0.132 e. The zero-order valence-electron chi connectivity index (χ0n) is 28.5. The molecule has 0 N–H and O–H groups in total. The molecular formula is C51H34O. The SMILES string of the molecule is c1ccc(-c2cc3ccccc3c3cccc(-c4ccc(-c5ccc6c(c5)Oc5ccccc5C6(c5ccccc5)c5ccccc5)cc4)c23)cc1. The highest BCUT2D eigenvalue weighted by Crippen LogP contribution is 2.55. The molecule has 0 saturated carbocycles. The van der Waals surface area contributed by atoms with Crippen molar-refractivity contribution in [2.24, 2.45) is 0 Å². The van der Waals surface area contributed by atoms with Crippen molar-refractivity contribution < 1.29 is 4.74 Å². The van der Waals surface area contributed by atoms with Crippen molar-refractivity contribution >= 4 is 21.5 Å². The fraction of sp³-hybridized carbons (Fsp3) is 0.0196. The molecule has 0 atom stereocenters. The molecule has 10 rings (SSSR count). The zero-order chi connectivity index (χ0) is 34.5. The lowest BCUT2D eigenvalue weighted by Crippen LogP contribution is -2.34. The van der Waals surface area contributed by atoms with Gasteiger partial charge in [-0.25, -0.2) is 0 Å². The van der Waals surface area contributed by atoms with Gasteiger partial charge in [0.2, 0.25) is 0 Å². The summed E-state index contributed by atoms with van der Waals surface area (Å²) in [5.74, 6) is 1.76. The number of hydrogen-bond acceptors (Lipinski definition) is 1. The number of ether oxygens (including phenoxy) is 1. The fourth-order valence-electron chi connectivity index (χ4n) is 8.48. The normalized spacial score (nSPS) is 12.9. The predicted molar refractivity (Wildman–Crippen MR) is 216 cm³/mol. The molecule has 0 bridgehead atoms. The quantitative estimate of drug-likeness (QED) is 0.167. The summed E-state index contributed by atoms with van der Waals surface area (Å²) in [5, 5.41) is 5.07. The summed E-state index contributed by atoms with van der Waals surface area (Å²) in [5.41, 5.74) is 11.4. The van der Waals surface area contributed by atoms with E-state index < -0.39 is 5.41 Å². The molecule has 0 saturated heterocycles. The first-order valence-corrected chi connectivity index (χ1v) is 17.9. The predicted octanol–water partition coefficient (Wildman–Crippen LogP) is 13.5. The lowest BCUT2D eigenvalue weighted by Gasteiger charge is -2.41. The van der Waals surface area contributed by atoms with Crippen LogP contribution in [0.2, 0.25) is 0 Å². The molecule has 9 aromatic rings. The second kappa shape index (κ2) is 12.3. The van der Waals surface area contributed by atoms with Crippen molar-refractivity contribution in [1.82, 2.24) is 0 Å². The Morgan fingerprint density at radius 2 is 0.885 bits per heavy atom. The van der Waals surface area contributed by atoms with Crippen LogP contribution < -0.4 is 4.74 Å². The van der Waals surface area contributed by atoms with Gasteiger partial charge in [-0.05, 0) is 84.3 Å². The summed E-state index contributed by atoms with van der Waals surface area (Å²) in [4.78, 5) is 0. The molecule has 0 spiro atoms. The maximum absolute atomic E-state index is 6.77. The van der Waals surface area contributed by atoms with E-state index in [1.165, 1.54) is 54.9 Å². The van der Waals surface area contributed by atoms with E-state index in [0.717, 1.165) is 33.8 Å². The third kappa shape index (κ3) is 4.71. The van der Waals surface area contributed by atoms with E-state index in [0.29, 0.717) is 0 Å². The van der Waals surface area contributed by atoms with Crippen LogP contribution in [0.15, 0.2) is 206 Å². The van der Waals surface area contributed by atoms with Gasteiger partial charge in [-0.15, -0.1) is 0 Å². The molecule has 1 aliphatic heterocycles. The second-order valence-corrected chi connectivity index (χ2v) is 13.6. The molecule has 0 radical (unpaired) electrons. The first-order chi connectivity index (χ1) is 25.8. The lowest BCUT2D eigenvalue weighted by atomic mass is 9.63. The van der Waals surface area contributed by atoms with E-state index >= 15 is 0 Å². The standard InChI is InChI=1S/C51H34O/c1-4-15-36(16-5-1)45-33-39-17-10-11-22-42(39)44-24-14-23-43(50(44)45)37-29-27-35(28-30-37)38-31-32-47-49(34-38)52-48-26-13-12-25-46(48)51(47,40-18-6-2-7-19-40)41-20-8-3-9-21-41/h1-34H. The van der Waals surface area contributed by atoms with Gasteiger partial charge in [-0.3, -0.25) is 0 Å². The van der Waals surface area contributed by atoms with E-state index in [9.17, 15) is 0 Å². The molecule has 1 heterocycles.